The highest BCUT2D eigenvalue weighted by Gasteiger charge is 2.39. The molecule has 1 fully saturated rings. The molecule has 104 valence electrons. The highest BCUT2D eigenvalue weighted by Crippen LogP contribution is 2.24. The first-order valence-electron chi connectivity index (χ1n) is 6.00. The second kappa shape index (κ2) is 5.46. The van der Waals surface area contributed by atoms with E-state index in [2.05, 4.69) is 4.98 Å². The molecule has 2 rings (SSSR count). The van der Waals surface area contributed by atoms with Crippen molar-refractivity contribution in [3.05, 3.63) is 30.1 Å². The number of carbonyl (C=O) groups excluding carboxylic acids is 1. The summed E-state index contributed by atoms with van der Waals surface area (Å²) in [6.07, 6.45) is 4.05. The van der Waals surface area contributed by atoms with E-state index in [4.69, 9.17) is 10.7 Å². The predicted octanol–water partition coefficient (Wildman–Crippen LogP) is 1.18. The lowest BCUT2D eigenvalue weighted by Crippen LogP contribution is -2.36. The van der Waals surface area contributed by atoms with Gasteiger partial charge in [0.2, 0.25) is 15.0 Å². The normalized spacial score (nSPS) is 21.7. The molecule has 0 aliphatic carbocycles. The number of rotatable bonds is 4. The number of nitrogens with zero attached hydrogens (tertiary/aromatic N) is 2. The number of carbonyl (C=O) groups is 1. The lowest BCUT2D eigenvalue weighted by atomic mass is 10.1. The summed E-state index contributed by atoms with van der Waals surface area (Å²) >= 11 is 0. The van der Waals surface area contributed by atoms with Gasteiger partial charge in [-0.3, -0.25) is 9.78 Å². The van der Waals surface area contributed by atoms with Gasteiger partial charge in [0.25, 0.3) is 0 Å². The van der Waals surface area contributed by atoms with Gasteiger partial charge in [-0.1, -0.05) is 6.07 Å². The number of pyridine rings is 1. The Balaban J connectivity index is 2.04. The molecule has 19 heavy (non-hydrogen) atoms. The fourth-order valence-corrected chi connectivity index (χ4v) is 3.32. The van der Waals surface area contributed by atoms with Crippen molar-refractivity contribution >= 4 is 25.6 Å². The van der Waals surface area contributed by atoms with Crippen LogP contribution in [0.15, 0.2) is 24.5 Å². The maximum absolute atomic E-state index is 11.9. The number of aromatic nitrogens is 1. The van der Waals surface area contributed by atoms with Crippen LogP contribution in [0.1, 0.15) is 18.9 Å². The average molecular weight is 303 g/mol. The van der Waals surface area contributed by atoms with E-state index in [1.54, 1.807) is 17.3 Å². The first kappa shape index (κ1) is 14.3. The van der Waals surface area contributed by atoms with Crippen LogP contribution in [-0.4, -0.2) is 42.0 Å². The van der Waals surface area contributed by atoms with E-state index in [0.29, 0.717) is 6.42 Å². The summed E-state index contributed by atoms with van der Waals surface area (Å²) < 4.78 is 22.6. The number of amides is 1. The third kappa shape index (κ3) is 3.45. The van der Waals surface area contributed by atoms with Gasteiger partial charge in [-0.25, -0.2) is 8.42 Å². The van der Waals surface area contributed by atoms with E-state index in [0.717, 1.165) is 5.56 Å². The smallest absolute Gasteiger partial charge is 0.237 e. The lowest BCUT2D eigenvalue weighted by molar-refractivity contribution is -0.129. The van der Waals surface area contributed by atoms with Gasteiger partial charge in [-0.05, 0) is 25.0 Å². The lowest BCUT2D eigenvalue weighted by Gasteiger charge is -2.24. The van der Waals surface area contributed by atoms with Gasteiger partial charge >= 0.3 is 0 Å². The Morgan fingerprint density at radius 3 is 2.84 bits per heavy atom. The molecule has 1 aromatic heterocycles. The van der Waals surface area contributed by atoms with Gasteiger partial charge < -0.3 is 4.90 Å². The second-order valence-corrected chi connectivity index (χ2v) is 7.67. The Kier molecular flexibility index (Phi) is 4.10. The number of hydrogen-bond acceptors (Lipinski definition) is 4. The monoisotopic (exact) mass is 302 g/mol. The van der Waals surface area contributed by atoms with E-state index in [1.807, 2.05) is 19.1 Å². The van der Waals surface area contributed by atoms with Crippen LogP contribution in [0.4, 0.5) is 0 Å². The average Bonchev–Trinajstić information content (AvgIpc) is 2.72. The molecular formula is C12H15ClN2O3S. The van der Waals surface area contributed by atoms with Gasteiger partial charge in [0.1, 0.15) is 5.25 Å². The molecule has 1 aliphatic heterocycles. The molecule has 2 heterocycles. The molecule has 2 atom stereocenters. The van der Waals surface area contributed by atoms with E-state index in [9.17, 15) is 13.2 Å². The topological polar surface area (TPSA) is 67.3 Å². The molecule has 0 saturated carbocycles. The van der Waals surface area contributed by atoms with Crippen molar-refractivity contribution in [2.24, 2.45) is 0 Å². The molecule has 0 spiro atoms. The van der Waals surface area contributed by atoms with Crippen LogP contribution in [0, 0.1) is 0 Å². The summed E-state index contributed by atoms with van der Waals surface area (Å²) in [6.45, 7) is 2.07. The van der Waals surface area contributed by atoms with Crippen molar-refractivity contribution in [3.8, 4) is 0 Å². The van der Waals surface area contributed by atoms with Gasteiger partial charge in [0.05, 0.1) is 0 Å². The maximum Gasteiger partial charge on any atom is 0.237 e. The van der Waals surface area contributed by atoms with Crippen molar-refractivity contribution in [3.63, 3.8) is 0 Å². The highest BCUT2D eigenvalue weighted by atomic mass is 35.7. The van der Waals surface area contributed by atoms with Crippen LogP contribution in [-0.2, 0) is 20.3 Å². The molecule has 7 heteroatoms. The van der Waals surface area contributed by atoms with Gasteiger partial charge in [0.15, 0.2) is 0 Å². The van der Waals surface area contributed by atoms with Crippen LogP contribution in [0.3, 0.4) is 0 Å². The van der Waals surface area contributed by atoms with Crippen LogP contribution in [0.2, 0.25) is 0 Å². The minimum atomic E-state index is -3.68. The summed E-state index contributed by atoms with van der Waals surface area (Å²) in [7, 11) is 1.64. The summed E-state index contributed by atoms with van der Waals surface area (Å²) in [5, 5.41) is -0.794. The number of hydrogen-bond donors (Lipinski definition) is 0. The molecule has 0 N–H and O–H groups in total. The predicted molar refractivity (Wildman–Crippen MR) is 72.3 cm³/mol. The molecule has 0 bridgehead atoms. The zero-order valence-corrected chi connectivity index (χ0v) is 12.1. The largest absolute Gasteiger partial charge is 0.338 e. The van der Waals surface area contributed by atoms with Crippen LogP contribution in [0.5, 0.6) is 0 Å². The van der Waals surface area contributed by atoms with E-state index < -0.39 is 14.3 Å². The summed E-state index contributed by atoms with van der Waals surface area (Å²) in [5.74, 6) is -0.161. The molecule has 1 aromatic rings. The summed E-state index contributed by atoms with van der Waals surface area (Å²) in [4.78, 5) is 17.4. The molecule has 0 radical (unpaired) electrons. The van der Waals surface area contributed by atoms with Gasteiger partial charge in [-0.15, -0.1) is 0 Å². The number of likely N-dealkylation sites (tertiary alicyclic amines) is 1. The Hall–Kier alpha value is -1.14. The third-order valence-electron chi connectivity index (χ3n) is 3.31. The third-order valence-corrected chi connectivity index (χ3v) is 5.18. The second-order valence-electron chi connectivity index (χ2n) is 4.76. The fraction of sp³-hybridized carbons (Fsp3) is 0.500. The zero-order chi connectivity index (χ0) is 14.0. The quantitative estimate of drug-likeness (QED) is 0.783. The van der Waals surface area contributed by atoms with E-state index in [1.165, 1.54) is 0 Å². The van der Waals surface area contributed by atoms with Crippen molar-refractivity contribution in [1.82, 2.24) is 9.88 Å². The zero-order valence-electron chi connectivity index (χ0n) is 10.5. The molecule has 1 saturated heterocycles. The highest BCUT2D eigenvalue weighted by molar-refractivity contribution is 8.14. The molecule has 0 aromatic carbocycles. The van der Waals surface area contributed by atoms with Crippen molar-refractivity contribution in [1.29, 1.82) is 0 Å². The molecule has 1 aliphatic rings. The Morgan fingerprint density at radius 1 is 1.58 bits per heavy atom. The molecular weight excluding hydrogens is 288 g/mol. The van der Waals surface area contributed by atoms with Gasteiger partial charge in [0, 0.05) is 42.1 Å². The molecule has 1 amide bonds. The fourth-order valence-electron chi connectivity index (χ4n) is 2.28. The van der Waals surface area contributed by atoms with Crippen LogP contribution >= 0.6 is 10.7 Å². The van der Waals surface area contributed by atoms with E-state index >= 15 is 0 Å². The Bertz CT molecular complexity index is 562. The number of halogens is 1. The van der Waals surface area contributed by atoms with Crippen molar-refractivity contribution < 1.29 is 13.2 Å². The van der Waals surface area contributed by atoms with Crippen molar-refractivity contribution in [2.75, 3.05) is 6.54 Å². The minimum Gasteiger partial charge on any atom is -0.338 e. The molecule has 5 nitrogen and oxygen atoms in total. The first-order chi connectivity index (χ1) is 8.88. The molecule has 2 unspecified atom stereocenters. The van der Waals surface area contributed by atoms with Crippen molar-refractivity contribution in [2.45, 2.75) is 31.1 Å². The SMILES string of the molecule is CC(Cc1cccnc1)N1CC(S(=O)(=O)Cl)CC1=O. The standard InChI is InChI=1S/C12H15ClN2O3S/c1-9(5-10-3-2-4-14-7-10)15-8-11(6-12(15)16)19(13,17)18/h2-4,7,9,11H,5-6,8H2,1H3. The van der Waals surface area contributed by atoms with Crippen LogP contribution in [0.25, 0.3) is 0 Å². The Morgan fingerprint density at radius 2 is 2.32 bits per heavy atom. The van der Waals surface area contributed by atoms with Crippen LogP contribution < -0.4 is 0 Å². The summed E-state index contributed by atoms with van der Waals surface area (Å²) in [6, 6.07) is 3.69. The van der Waals surface area contributed by atoms with E-state index in [-0.39, 0.29) is 24.9 Å². The maximum atomic E-state index is 11.9. The minimum absolute atomic E-state index is 0.0246. The Labute approximate surface area is 117 Å². The van der Waals surface area contributed by atoms with Gasteiger partial charge in [-0.2, -0.15) is 0 Å². The summed E-state index contributed by atoms with van der Waals surface area (Å²) in [5.41, 5.74) is 1.01. The first-order valence-corrected chi connectivity index (χ1v) is 8.37.